The van der Waals surface area contributed by atoms with Gasteiger partial charge < -0.3 is 14.2 Å². The quantitative estimate of drug-likeness (QED) is 0.496. The summed E-state index contributed by atoms with van der Waals surface area (Å²) in [5.41, 5.74) is 0.411. The number of carbonyl (C=O) groups excluding carboxylic acids is 1. The van der Waals surface area contributed by atoms with Crippen LogP contribution in [0.3, 0.4) is 0 Å². The molecule has 0 saturated carbocycles. The fourth-order valence-corrected chi connectivity index (χ4v) is 4.45. The van der Waals surface area contributed by atoms with Crippen molar-refractivity contribution in [3.63, 3.8) is 0 Å². The fraction of sp³-hybridized carbons (Fsp3) is 0.562. The first-order valence-corrected chi connectivity index (χ1v) is 9.79. The molecule has 0 fully saturated rings. The second-order valence-corrected chi connectivity index (χ2v) is 9.34. The summed E-state index contributed by atoms with van der Waals surface area (Å²) in [4.78, 5) is 12.5. The number of Topliss-reactive ketones (excluding diaryl/α,β-unsaturated/α-hetero) is 1. The Labute approximate surface area is 146 Å². The lowest BCUT2D eigenvalue weighted by atomic mass is 10.1. The number of benzene rings is 1. The zero-order valence-corrected chi connectivity index (χ0v) is 16.6. The summed E-state index contributed by atoms with van der Waals surface area (Å²) in [6.07, 6.45) is -1.19. The molecule has 0 aliphatic carbocycles. The molecule has 1 aromatic carbocycles. The van der Waals surface area contributed by atoms with E-state index in [1.54, 1.807) is 52.0 Å². The van der Waals surface area contributed by atoms with Crippen LogP contribution in [0.4, 0.5) is 0 Å². The van der Waals surface area contributed by atoms with Gasteiger partial charge in [-0.2, -0.15) is 0 Å². The Morgan fingerprint density at radius 1 is 1.22 bits per heavy atom. The van der Waals surface area contributed by atoms with E-state index >= 15 is 0 Å². The number of halogens is 1. The molecule has 0 radical (unpaired) electrons. The fourth-order valence-electron chi connectivity index (χ4n) is 1.99. The lowest BCUT2D eigenvalue weighted by Crippen LogP contribution is -2.32. The van der Waals surface area contributed by atoms with Crippen LogP contribution in [-0.4, -0.2) is 28.4 Å². The Kier molecular flexibility index (Phi) is 7.17. The van der Waals surface area contributed by atoms with Gasteiger partial charge in [-0.15, -0.1) is 0 Å². The summed E-state index contributed by atoms with van der Waals surface area (Å²) in [6, 6.07) is 6.88. The SMILES string of the molecule is CC(C)OP(=O)(OC(C)C)[C@@](C)(O)CC(=O)c1ccccc1Br. The van der Waals surface area contributed by atoms with E-state index in [4.69, 9.17) is 9.05 Å². The summed E-state index contributed by atoms with van der Waals surface area (Å²) in [7, 11) is -3.90. The molecule has 0 heterocycles. The highest BCUT2D eigenvalue weighted by molar-refractivity contribution is 9.10. The molecule has 0 aromatic heterocycles. The van der Waals surface area contributed by atoms with Crippen LogP contribution in [0.5, 0.6) is 0 Å². The van der Waals surface area contributed by atoms with Crippen molar-refractivity contribution >= 4 is 29.3 Å². The largest absolute Gasteiger partial charge is 0.377 e. The molecule has 0 spiro atoms. The zero-order valence-electron chi connectivity index (χ0n) is 14.1. The van der Waals surface area contributed by atoms with Crippen molar-refractivity contribution < 1.29 is 23.5 Å². The molecule has 0 aliphatic rings. The third kappa shape index (κ3) is 5.50. The molecule has 0 unspecified atom stereocenters. The topological polar surface area (TPSA) is 72.8 Å². The number of rotatable bonds is 8. The monoisotopic (exact) mass is 406 g/mol. The zero-order chi connectivity index (χ0) is 17.8. The average molecular weight is 407 g/mol. The Balaban J connectivity index is 3.08. The van der Waals surface area contributed by atoms with Gasteiger partial charge in [0.25, 0.3) is 0 Å². The predicted octanol–water partition coefficient (Wildman–Crippen LogP) is 4.77. The molecular formula is C16H24BrO5P. The predicted molar refractivity (Wildman–Crippen MR) is 93.8 cm³/mol. The van der Waals surface area contributed by atoms with Crippen molar-refractivity contribution in [3.8, 4) is 0 Å². The van der Waals surface area contributed by atoms with Crippen molar-refractivity contribution in [3.05, 3.63) is 34.3 Å². The minimum atomic E-state index is -3.90. The Hall–Kier alpha value is -0.520. The number of carbonyl (C=O) groups is 1. The average Bonchev–Trinajstić information content (AvgIpc) is 2.36. The van der Waals surface area contributed by atoms with Crippen LogP contribution in [0.2, 0.25) is 0 Å². The van der Waals surface area contributed by atoms with Crippen LogP contribution in [0.25, 0.3) is 0 Å². The van der Waals surface area contributed by atoms with Gasteiger partial charge >= 0.3 is 7.60 Å². The van der Waals surface area contributed by atoms with Gasteiger partial charge in [0.05, 0.1) is 18.6 Å². The van der Waals surface area contributed by atoms with Crippen LogP contribution in [-0.2, 0) is 13.6 Å². The molecular weight excluding hydrogens is 383 g/mol. The van der Waals surface area contributed by atoms with E-state index in [2.05, 4.69) is 15.9 Å². The maximum atomic E-state index is 13.0. The van der Waals surface area contributed by atoms with Gasteiger partial charge in [0.15, 0.2) is 11.1 Å². The summed E-state index contributed by atoms with van der Waals surface area (Å²) in [6.45, 7) is 8.10. The second kappa shape index (κ2) is 8.04. The van der Waals surface area contributed by atoms with Crippen LogP contribution in [0, 0.1) is 0 Å². The second-order valence-electron chi connectivity index (χ2n) is 6.10. The van der Waals surface area contributed by atoms with Crippen molar-refractivity contribution in [2.75, 3.05) is 0 Å². The van der Waals surface area contributed by atoms with Gasteiger partial charge in [-0.3, -0.25) is 9.36 Å². The van der Waals surface area contributed by atoms with E-state index in [1.165, 1.54) is 6.92 Å². The lowest BCUT2D eigenvalue weighted by Gasteiger charge is -2.33. The maximum Gasteiger partial charge on any atom is 0.362 e. The first-order chi connectivity index (χ1) is 10.5. The van der Waals surface area contributed by atoms with E-state index < -0.39 is 25.1 Å². The Morgan fingerprint density at radius 2 is 1.70 bits per heavy atom. The Morgan fingerprint density at radius 3 is 2.13 bits per heavy atom. The molecule has 1 N–H and O–H groups in total. The van der Waals surface area contributed by atoms with Gasteiger partial charge in [0.2, 0.25) is 0 Å². The molecule has 0 aliphatic heterocycles. The third-order valence-corrected chi connectivity index (χ3v) is 6.39. The van der Waals surface area contributed by atoms with E-state index in [1.807, 2.05) is 0 Å². The molecule has 0 saturated heterocycles. The molecule has 0 amide bonds. The minimum Gasteiger partial charge on any atom is -0.377 e. The van der Waals surface area contributed by atoms with Crippen LogP contribution >= 0.6 is 23.5 Å². The van der Waals surface area contributed by atoms with E-state index in [0.717, 1.165) is 0 Å². The van der Waals surface area contributed by atoms with E-state index in [-0.39, 0.29) is 12.2 Å². The van der Waals surface area contributed by atoms with Crippen molar-refractivity contribution in [2.24, 2.45) is 0 Å². The Bertz CT molecular complexity index is 584. The molecule has 0 bridgehead atoms. The molecule has 130 valence electrons. The number of aliphatic hydroxyl groups is 1. The van der Waals surface area contributed by atoms with Crippen molar-refractivity contribution in [2.45, 2.75) is 58.6 Å². The van der Waals surface area contributed by atoms with E-state index in [9.17, 15) is 14.5 Å². The molecule has 5 nitrogen and oxygen atoms in total. The van der Waals surface area contributed by atoms with Gasteiger partial charge in [-0.1, -0.05) is 34.1 Å². The normalized spacial score (nSPS) is 15.0. The van der Waals surface area contributed by atoms with Crippen LogP contribution < -0.4 is 0 Å². The van der Waals surface area contributed by atoms with Crippen molar-refractivity contribution in [1.29, 1.82) is 0 Å². The minimum absolute atomic E-state index is 0.345. The summed E-state index contributed by atoms with van der Waals surface area (Å²) in [5.74, 6) is -0.345. The van der Waals surface area contributed by atoms with Crippen molar-refractivity contribution in [1.82, 2.24) is 0 Å². The summed E-state index contributed by atoms with van der Waals surface area (Å²) < 4.78 is 24.5. The smallest absolute Gasteiger partial charge is 0.362 e. The van der Waals surface area contributed by atoms with Crippen LogP contribution in [0.1, 0.15) is 51.4 Å². The first-order valence-electron chi connectivity index (χ1n) is 7.45. The standard InChI is InChI=1S/C16H24BrO5P/c1-11(2)21-23(20,22-12(3)4)16(5,19)10-15(18)13-8-6-7-9-14(13)17/h6-9,11-12,19H,10H2,1-5H3/t16-/m1/s1. The molecule has 7 heteroatoms. The molecule has 1 rings (SSSR count). The van der Waals surface area contributed by atoms with Gasteiger partial charge in [0.1, 0.15) is 0 Å². The highest BCUT2D eigenvalue weighted by Crippen LogP contribution is 2.61. The molecule has 23 heavy (non-hydrogen) atoms. The highest BCUT2D eigenvalue weighted by Gasteiger charge is 2.48. The summed E-state index contributed by atoms with van der Waals surface area (Å²) >= 11 is 3.30. The lowest BCUT2D eigenvalue weighted by molar-refractivity contribution is 0.0459. The maximum absolute atomic E-state index is 13.0. The molecule has 1 atom stereocenters. The number of hydrogen-bond donors (Lipinski definition) is 1. The third-order valence-electron chi connectivity index (χ3n) is 2.96. The van der Waals surface area contributed by atoms with Gasteiger partial charge in [0, 0.05) is 10.0 Å². The van der Waals surface area contributed by atoms with E-state index in [0.29, 0.717) is 10.0 Å². The van der Waals surface area contributed by atoms with Gasteiger partial charge in [-0.25, -0.2) is 0 Å². The first kappa shape index (κ1) is 20.5. The number of hydrogen-bond acceptors (Lipinski definition) is 5. The molecule has 1 aromatic rings. The van der Waals surface area contributed by atoms with Gasteiger partial charge in [-0.05, 0) is 40.7 Å². The summed E-state index contributed by atoms with van der Waals surface area (Å²) in [5, 5.41) is 8.78. The highest BCUT2D eigenvalue weighted by atomic mass is 79.9. The van der Waals surface area contributed by atoms with Crippen LogP contribution in [0.15, 0.2) is 28.7 Å². The number of ketones is 1.